The third kappa shape index (κ3) is 3.67. The number of aliphatic hydroxyl groups is 1. The number of rotatable bonds is 4. The van der Waals surface area contributed by atoms with Crippen LogP contribution in [0, 0.1) is 0 Å². The van der Waals surface area contributed by atoms with Gasteiger partial charge in [-0.1, -0.05) is 48.5 Å². The van der Waals surface area contributed by atoms with Gasteiger partial charge >= 0.3 is 6.18 Å². The van der Waals surface area contributed by atoms with Gasteiger partial charge in [0.25, 0.3) is 0 Å². The topological polar surface area (TPSA) is 37.3 Å². The SMILES string of the molecule is O=C(c1ccccc1)C(O)C(Cl)c1cccc(C(F)(F)F)c1. The summed E-state index contributed by atoms with van der Waals surface area (Å²) in [4.78, 5) is 12.1. The number of hydrogen-bond donors (Lipinski definition) is 1. The van der Waals surface area contributed by atoms with Gasteiger partial charge in [0.1, 0.15) is 6.10 Å². The summed E-state index contributed by atoms with van der Waals surface area (Å²) in [5.41, 5.74) is -0.601. The second-order valence-electron chi connectivity index (χ2n) is 4.70. The minimum Gasteiger partial charge on any atom is -0.383 e. The van der Waals surface area contributed by atoms with E-state index in [-0.39, 0.29) is 11.1 Å². The fourth-order valence-corrected chi connectivity index (χ4v) is 2.23. The highest BCUT2D eigenvalue weighted by atomic mass is 35.5. The number of halogens is 4. The van der Waals surface area contributed by atoms with Gasteiger partial charge < -0.3 is 5.11 Å². The van der Waals surface area contributed by atoms with Gasteiger partial charge in [-0.25, -0.2) is 0 Å². The molecule has 2 aromatic carbocycles. The fourth-order valence-electron chi connectivity index (χ4n) is 1.97. The average molecular weight is 329 g/mol. The van der Waals surface area contributed by atoms with Gasteiger partial charge in [-0.15, -0.1) is 11.6 Å². The van der Waals surface area contributed by atoms with E-state index in [2.05, 4.69) is 0 Å². The highest BCUT2D eigenvalue weighted by molar-refractivity contribution is 6.23. The van der Waals surface area contributed by atoms with E-state index in [1.807, 2.05) is 0 Å². The van der Waals surface area contributed by atoms with E-state index < -0.39 is 29.0 Å². The maximum absolute atomic E-state index is 12.7. The van der Waals surface area contributed by atoms with E-state index in [4.69, 9.17) is 11.6 Å². The van der Waals surface area contributed by atoms with Crippen LogP contribution in [-0.2, 0) is 6.18 Å². The van der Waals surface area contributed by atoms with Crippen molar-refractivity contribution in [1.82, 2.24) is 0 Å². The van der Waals surface area contributed by atoms with Crippen LogP contribution in [0.2, 0.25) is 0 Å². The largest absolute Gasteiger partial charge is 0.416 e. The van der Waals surface area contributed by atoms with Crippen molar-refractivity contribution in [1.29, 1.82) is 0 Å². The molecule has 0 saturated heterocycles. The Hall–Kier alpha value is -1.85. The number of alkyl halides is 4. The van der Waals surface area contributed by atoms with Crippen LogP contribution in [-0.4, -0.2) is 17.0 Å². The molecule has 1 N–H and O–H groups in total. The first-order valence-electron chi connectivity index (χ1n) is 6.39. The van der Waals surface area contributed by atoms with Crippen LogP contribution in [0.5, 0.6) is 0 Å². The minimum absolute atomic E-state index is 0.0354. The van der Waals surface area contributed by atoms with Crippen LogP contribution in [0.4, 0.5) is 13.2 Å². The molecule has 6 heteroatoms. The lowest BCUT2D eigenvalue weighted by Gasteiger charge is -2.17. The molecule has 0 aromatic heterocycles. The summed E-state index contributed by atoms with van der Waals surface area (Å²) in [5, 5.41) is 8.76. The highest BCUT2D eigenvalue weighted by Crippen LogP contribution is 2.33. The molecule has 116 valence electrons. The molecule has 2 unspecified atom stereocenters. The van der Waals surface area contributed by atoms with Crippen molar-refractivity contribution in [3.8, 4) is 0 Å². The Morgan fingerprint density at radius 1 is 1.05 bits per heavy atom. The second-order valence-corrected chi connectivity index (χ2v) is 5.17. The molecule has 0 radical (unpaired) electrons. The number of ketones is 1. The molecule has 0 heterocycles. The van der Waals surface area contributed by atoms with E-state index >= 15 is 0 Å². The predicted molar refractivity (Wildman–Crippen MR) is 76.8 cm³/mol. The zero-order valence-electron chi connectivity index (χ0n) is 11.2. The average Bonchev–Trinajstić information content (AvgIpc) is 2.53. The van der Waals surface area contributed by atoms with Crippen LogP contribution in [0.25, 0.3) is 0 Å². The fraction of sp³-hybridized carbons (Fsp3) is 0.188. The lowest BCUT2D eigenvalue weighted by atomic mass is 9.98. The number of carbonyl (C=O) groups excluding carboxylic acids is 1. The standard InChI is InChI=1S/C16H12ClF3O2/c17-13(11-7-4-8-12(9-11)16(18,19)20)15(22)14(21)10-5-2-1-3-6-10/h1-9,13,15,22H. The van der Waals surface area contributed by atoms with Gasteiger partial charge in [-0.3, -0.25) is 4.79 Å². The lowest BCUT2D eigenvalue weighted by molar-refractivity contribution is -0.137. The summed E-state index contributed by atoms with van der Waals surface area (Å²) in [7, 11) is 0. The van der Waals surface area contributed by atoms with Crippen LogP contribution in [0.1, 0.15) is 26.9 Å². The molecule has 0 spiro atoms. The van der Waals surface area contributed by atoms with Crippen molar-refractivity contribution in [3.05, 3.63) is 71.3 Å². The van der Waals surface area contributed by atoms with Gasteiger partial charge in [-0.2, -0.15) is 13.2 Å². The van der Waals surface area contributed by atoms with Crippen LogP contribution in [0.3, 0.4) is 0 Å². The Labute approximate surface area is 130 Å². The molecular formula is C16H12ClF3O2. The third-order valence-corrected chi connectivity index (χ3v) is 3.63. The number of hydrogen-bond acceptors (Lipinski definition) is 2. The maximum Gasteiger partial charge on any atom is 0.416 e. The quantitative estimate of drug-likeness (QED) is 0.673. The molecule has 2 aromatic rings. The lowest BCUT2D eigenvalue weighted by Crippen LogP contribution is -2.25. The number of benzene rings is 2. The zero-order chi connectivity index (χ0) is 16.3. The molecule has 0 bridgehead atoms. The van der Waals surface area contributed by atoms with Crippen molar-refractivity contribution >= 4 is 17.4 Å². The first-order chi connectivity index (χ1) is 10.3. The van der Waals surface area contributed by atoms with Gasteiger partial charge in [0, 0.05) is 5.56 Å². The van der Waals surface area contributed by atoms with Crippen molar-refractivity contribution in [3.63, 3.8) is 0 Å². The van der Waals surface area contributed by atoms with E-state index in [9.17, 15) is 23.1 Å². The smallest absolute Gasteiger partial charge is 0.383 e. The molecule has 0 aliphatic carbocycles. The summed E-state index contributed by atoms with van der Waals surface area (Å²) < 4.78 is 38.1. The van der Waals surface area contributed by atoms with Crippen molar-refractivity contribution in [2.75, 3.05) is 0 Å². The molecule has 0 aliphatic heterocycles. The van der Waals surface area contributed by atoms with Gasteiger partial charge in [0.2, 0.25) is 0 Å². The Morgan fingerprint density at radius 2 is 1.68 bits per heavy atom. The Morgan fingerprint density at radius 3 is 2.27 bits per heavy atom. The molecule has 0 aliphatic rings. The molecule has 2 nitrogen and oxygen atoms in total. The third-order valence-electron chi connectivity index (χ3n) is 3.14. The highest BCUT2D eigenvalue weighted by Gasteiger charge is 2.32. The Kier molecular flexibility index (Phi) is 4.88. The van der Waals surface area contributed by atoms with Gasteiger partial charge in [-0.05, 0) is 11.6 Å². The number of aliphatic hydroxyl groups excluding tert-OH is 1. The monoisotopic (exact) mass is 328 g/mol. The second kappa shape index (κ2) is 6.50. The van der Waals surface area contributed by atoms with E-state index in [0.29, 0.717) is 0 Å². The van der Waals surface area contributed by atoms with Gasteiger partial charge in [0.15, 0.2) is 5.78 Å². The van der Waals surface area contributed by atoms with Crippen LogP contribution in [0.15, 0.2) is 54.6 Å². The summed E-state index contributed by atoms with van der Waals surface area (Å²) in [5.74, 6) is -0.641. The van der Waals surface area contributed by atoms with E-state index in [0.717, 1.165) is 12.1 Å². The number of carbonyl (C=O) groups is 1. The molecule has 0 saturated carbocycles. The molecule has 2 rings (SSSR count). The Bertz CT molecular complexity index is 656. The Balaban J connectivity index is 2.24. The molecule has 0 amide bonds. The summed E-state index contributed by atoms with van der Waals surface area (Å²) in [6.07, 6.45) is -6.14. The normalized spacial score (nSPS) is 14.4. The first-order valence-corrected chi connectivity index (χ1v) is 6.83. The molecule has 0 fully saturated rings. The number of Topliss-reactive ketones (excluding diaryl/α,β-unsaturated/α-hetero) is 1. The molecular weight excluding hydrogens is 317 g/mol. The summed E-state index contributed by atoms with van der Waals surface area (Å²) in [6, 6.07) is 12.2. The molecule has 2 atom stereocenters. The first kappa shape index (κ1) is 16.5. The van der Waals surface area contributed by atoms with Crippen LogP contribution < -0.4 is 0 Å². The molecule has 22 heavy (non-hydrogen) atoms. The van der Waals surface area contributed by atoms with Crippen molar-refractivity contribution in [2.24, 2.45) is 0 Å². The zero-order valence-corrected chi connectivity index (χ0v) is 12.0. The minimum atomic E-state index is -4.51. The van der Waals surface area contributed by atoms with E-state index in [1.54, 1.807) is 18.2 Å². The summed E-state index contributed by atoms with van der Waals surface area (Å²) >= 11 is 5.99. The van der Waals surface area contributed by atoms with Crippen molar-refractivity contribution in [2.45, 2.75) is 17.7 Å². The van der Waals surface area contributed by atoms with Gasteiger partial charge in [0.05, 0.1) is 10.9 Å². The van der Waals surface area contributed by atoms with Crippen LogP contribution >= 0.6 is 11.6 Å². The van der Waals surface area contributed by atoms with Crippen molar-refractivity contribution < 1.29 is 23.1 Å². The summed E-state index contributed by atoms with van der Waals surface area (Å²) in [6.45, 7) is 0. The predicted octanol–water partition coefficient (Wildman–Crippen LogP) is 4.23. The van der Waals surface area contributed by atoms with E-state index in [1.165, 1.54) is 24.3 Å². The maximum atomic E-state index is 12.7.